The summed E-state index contributed by atoms with van der Waals surface area (Å²) in [6.45, 7) is -0.0725. The molecule has 0 aliphatic heterocycles. The number of hydrogen-bond donors (Lipinski definition) is 1. The molecule has 0 aliphatic carbocycles. The van der Waals surface area contributed by atoms with E-state index in [1.807, 2.05) is 30.3 Å². The molecule has 2 rings (SSSR count). The first-order valence-corrected chi connectivity index (χ1v) is 8.32. The molecule has 8 heteroatoms. The van der Waals surface area contributed by atoms with Crippen LogP contribution in [0.2, 0.25) is 0 Å². The molecule has 0 saturated heterocycles. The molecule has 0 fully saturated rings. The van der Waals surface area contributed by atoms with Gasteiger partial charge in [0.25, 0.3) is 5.69 Å². The number of carbonyl (C=O) groups excluding carboxylic acids is 2. The molecule has 1 amide bonds. The molecule has 1 N–H and O–H groups in total. The average molecular weight is 377 g/mol. The van der Waals surface area contributed by atoms with E-state index in [0.29, 0.717) is 12.0 Å². The Kier molecular flexibility index (Phi) is 7.11. The van der Waals surface area contributed by atoms with Gasteiger partial charge in [0.2, 0.25) is 0 Å². The fourth-order valence-electron chi connectivity index (χ4n) is 2.23. The molecule has 26 heavy (non-hydrogen) atoms. The zero-order valence-electron chi connectivity index (χ0n) is 13.8. The third-order valence-corrected chi connectivity index (χ3v) is 3.88. The number of alkyl carbamates (subject to hydrolysis) is 1. The molecule has 2 aromatic rings. The van der Waals surface area contributed by atoms with Crippen LogP contribution in [0.3, 0.4) is 0 Å². The van der Waals surface area contributed by atoms with E-state index in [1.54, 1.807) is 0 Å². The van der Waals surface area contributed by atoms with Crippen LogP contribution in [-0.2, 0) is 22.6 Å². The number of carbonyl (C=O) groups is 2. The number of non-ortho nitro benzene ring substituents is 1. The molecule has 136 valence electrons. The van der Waals surface area contributed by atoms with Crippen LogP contribution in [-0.4, -0.2) is 28.7 Å². The van der Waals surface area contributed by atoms with E-state index in [4.69, 9.17) is 16.3 Å². The fourth-order valence-corrected chi connectivity index (χ4v) is 2.42. The normalized spacial score (nSPS) is 11.4. The molecular formula is C18H17ClN2O5. The molecule has 0 aliphatic rings. The first-order chi connectivity index (χ1) is 12.5. The van der Waals surface area contributed by atoms with Gasteiger partial charge < -0.3 is 10.1 Å². The number of amides is 1. The predicted molar refractivity (Wildman–Crippen MR) is 96.1 cm³/mol. The topological polar surface area (TPSA) is 98.5 Å². The molecule has 0 heterocycles. The van der Waals surface area contributed by atoms with Gasteiger partial charge in [-0.3, -0.25) is 14.9 Å². The van der Waals surface area contributed by atoms with Gasteiger partial charge in [-0.25, -0.2) is 4.79 Å². The molecule has 1 atom stereocenters. The van der Waals surface area contributed by atoms with Crippen molar-refractivity contribution < 1.29 is 19.2 Å². The summed E-state index contributed by atoms with van der Waals surface area (Å²) in [4.78, 5) is 34.0. The highest BCUT2D eigenvalue weighted by Crippen LogP contribution is 2.12. The van der Waals surface area contributed by atoms with Crippen LogP contribution in [0.25, 0.3) is 0 Å². The maximum atomic E-state index is 12.0. The highest BCUT2D eigenvalue weighted by molar-refractivity contribution is 6.28. The number of hydrogen-bond acceptors (Lipinski definition) is 5. The summed E-state index contributed by atoms with van der Waals surface area (Å²) in [5.74, 6) is -0.539. The highest BCUT2D eigenvalue weighted by Gasteiger charge is 2.21. The van der Waals surface area contributed by atoms with Gasteiger partial charge in [-0.15, -0.1) is 11.6 Å². The zero-order chi connectivity index (χ0) is 18.9. The molecule has 1 unspecified atom stereocenters. The van der Waals surface area contributed by atoms with Crippen molar-refractivity contribution in [1.82, 2.24) is 5.32 Å². The molecule has 0 spiro atoms. The second-order valence-electron chi connectivity index (χ2n) is 5.49. The van der Waals surface area contributed by atoms with Crippen LogP contribution >= 0.6 is 11.6 Å². The zero-order valence-corrected chi connectivity index (χ0v) is 14.5. The molecule has 0 aromatic heterocycles. The van der Waals surface area contributed by atoms with E-state index in [9.17, 15) is 19.7 Å². The lowest BCUT2D eigenvalue weighted by molar-refractivity contribution is -0.384. The number of halogens is 1. The first kappa shape index (κ1) is 19.4. The van der Waals surface area contributed by atoms with Crippen LogP contribution < -0.4 is 5.32 Å². The van der Waals surface area contributed by atoms with Gasteiger partial charge in [-0.2, -0.15) is 0 Å². The predicted octanol–water partition coefficient (Wildman–Crippen LogP) is 3.24. The summed E-state index contributed by atoms with van der Waals surface area (Å²) in [5.41, 5.74) is 1.43. The highest BCUT2D eigenvalue weighted by atomic mass is 35.5. The number of alkyl halides is 1. The summed E-state index contributed by atoms with van der Waals surface area (Å²) in [6, 6.07) is 14.1. The summed E-state index contributed by atoms with van der Waals surface area (Å²) < 4.78 is 5.08. The van der Waals surface area contributed by atoms with E-state index in [2.05, 4.69) is 5.32 Å². The van der Waals surface area contributed by atoms with Gasteiger partial charge in [0, 0.05) is 12.1 Å². The van der Waals surface area contributed by atoms with Gasteiger partial charge in [0.1, 0.15) is 6.61 Å². The van der Waals surface area contributed by atoms with Crippen molar-refractivity contribution in [2.45, 2.75) is 19.1 Å². The Labute approximate surface area is 155 Å². The maximum absolute atomic E-state index is 12.0. The van der Waals surface area contributed by atoms with Crippen LogP contribution in [0.5, 0.6) is 0 Å². The van der Waals surface area contributed by atoms with Gasteiger partial charge in [0.05, 0.1) is 16.8 Å². The van der Waals surface area contributed by atoms with Crippen molar-refractivity contribution in [2.75, 3.05) is 5.88 Å². The Bertz CT molecular complexity index is 765. The third kappa shape index (κ3) is 5.86. The Hall–Kier alpha value is -2.93. The van der Waals surface area contributed by atoms with Crippen LogP contribution in [0, 0.1) is 10.1 Å². The van der Waals surface area contributed by atoms with Crippen LogP contribution in [0.1, 0.15) is 11.1 Å². The Morgan fingerprint density at radius 1 is 1.08 bits per heavy atom. The number of nitrogens with one attached hydrogen (secondary N) is 1. The van der Waals surface area contributed by atoms with Gasteiger partial charge >= 0.3 is 6.09 Å². The number of nitro groups is 1. The van der Waals surface area contributed by atoms with Crippen molar-refractivity contribution in [2.24, 2.45) is 0 Å². The maximum Gasteiger partial charge on any atom is 0.408 e. The number of ether oxygens (including phenoxy) is 1. The van der Waals surface area contributed by atoms with Crippen molar-refractivity contribution in [3.8, 4) is 0 Å². The second-order valence-corrected chi connectivity index (χ2v) is 5.75. The standard InChI is InChI=1S/C18H17ClN2O5/c19-11-17(22)16(10-13-4-2-1-3-5-13)20-18(23)26-12-14-6-8-15(9-7-14)21(24)25/h1-9,16H,10-12H2,(H,20,23). The first-order valence-electron chi connectivity index (χ1n) is 7.79. The molecule has 0 bridgehead atoms. The van der Waals surface area contributed by atoms with Gasteiger partial charge in [0.15, 0.2) is 5.78 Å². The average Bonchev–Trinajstić information content (AvgIpc) is 2.66. The lowest BCUT2D eigenvalue weighted by Crippen LogP contribution is -2.43. The van der Waals surface area contributed by atoms with E-state index in [1.165, 1.54) is 24.3 Å². The lowest BCUT2D eigenvalue weighted by Gasteiger charge is -2.16. The van der Waals surface area contributed by atoms with Gasteiger partial charge in [-0.05, 0) is 29.7 Å². The number of nitrogens with zero attached hydrogens (tertiary/aromatic N) is 1. The monoisotopic (exact) mass is 376 g/mol. The summed E-state index contributed by atoms with van der Waals surface area (Å²) >= 11 is 5.61. The third-order valence-electron chi connectivity index (χ3n) is 3.61. The summed E-state index contributed by atoms with van der Waals surface area (Å²) in [5, 5.41) is 13.1. The minimum atomic E-state index is -0.792. The van der Waals surface area contributed by atoms with Crippen molar-refractivity contribution in [1.29, 1.82) is 0 Å². The van der Waals surface area contributed by atoms with Crippen molar-refractivity contribution in [3.05, 3.63) is 75.8 Å². The number of Topliss-reactive ketones (excluding diaryl/α,β-unsaturated/α-hetero) is 1. The molecule has 2 aromatic carbocycles. The minimum absolute atomic E-state index is 0.0474. The number of benzene rings is 2. The molecular weight excluding hydrogens is 360 g/mol. The van der Waals surface area contributed by atoms with E-state index < -0.39 is 17.1 Å². The van der Waals surface area contributed by atoms with E-state index in [-0.39, 0.29) is 24.0 Å². The summed E-state index contributed by atoms with van der Waals surface area (Å²) in [6.07, 6.45) is -0.457. The van der Waals surface area contributed by atoms with Crippen molar-refractivity contribution >= 4 is 29.2 Å². The molecule has 7 nitrogen and oxygen atoms in total. The largest absolute Gasteiger partial charge is 0.445 e. The lowest BCUT2D eigenvalue weighted by atomic mass is 10.0. The van der Waals surface area contributed by atoms with Crippen LogP contribution in [0.15, 0.2) is 54.6 Å². The Morgan fingerprint density at radius 3 is 2.31 bits per heavy atom. The number of ketones is 1. The second kappa shape index (κ2) is 9.53. The fraction of sp³-hybridized carbons (Fsp3) is 0.222. The molecule has 0 radical (unpaired) electrons. The minimum Gasteiger partial charge on any atom is -0.445 e. The smallest absolute Gasteiger partial charge is 0.408 e. The van der Waals surface area contributed by atoms with E-state index in [0.717, 1.165) is 5.56 Å². The number of rotatable bonds is 8. The number of nitro benzene ring substituents is 1. The van der Waals surface area contributed by atoms with Gasteiger partial charge in [-0.1, -0.05) is 30.3 Å². The Morgan fingerprint density at radius 2 is 1.73 bits per heavy atom. The van der Waals surface area contributed by atoms with Crippen LogP contribution in [0.4, 0.5) is 10.5 Å². The van der Waals surface area contributed by atoms with E-state index >= 15 is 0 Å². The molecule has 0 saturated carbocycles. The van der Waals surface area contributed by atoms with Crippen molar-refractivity contribution in [3.63, 3.8) is 0 Å². The quantitative estimate of drug-likeness (QED) is 0.433. The summed E-state index contributed by atoms with van der Waals surface area (Å²) in [7, 11) is 0. The SMILES string of the molecule is O=C(NC(Cc1ccccc1)C(=O)CCl)OCc1ccc([N+](=O)[O-])cc1. The Balaban J connectivity index is 1.92.